The molecule has 0 saturated carbocycles. The lowest BCUT2D eigenvalue weighted by Gasteiger charge is -2.23. The number of aromatic nitrogens is 1. The minimum Gasteiger partial charge on any atom is -0.357 e. The molecule has 1 N–H and O–H groups in total. The van der Waals surface area contributed by atoms with Crippen LogP contribution in [0.15, 0.2) is 12.1 Å². The lowest BCUT2D eigenvalue weighted by molar-refractivity contribution is 0.587. The molecule has 0 spiro atoms. The van der Waals surface area contributed by atoms with Crippen molar-refractivity contribution in [3.05, 3.63) is 23.4 Å². The molecule has 0 unspecified atom stereocenters. The Labute approximate surface area is 130 Å². The highest BCUT2D eigenvalue weighted by Gasteiger charge is 2.13. The zero-order chi connectivity index (χ0) is 15.1. The lowest BCUT2D eigenvalue weighted by Crippen LogP contribution is -2.26. The predicted molar refractivity (Wildman–Crippen MR) is 90.9 cm³/mol. The van der Waals surface area contributed by atoms with E-state index in [0.717, 1.165) is 19.4 Å². The van der Waals surface area contributed by atoms with E-state index in [-0.39, 0.29) is 0 Å². The molecular weight excluding hydrogens is 258 g/mol. The molecule has 21 heavy (non-hydrogen) atoms. The van der Waals surface area contributed by atoms with Crippen LogP contribution < -0.4 is 10.2 Å². The molecule has 1 aliphatic heterocycles. The first-order valence-electron chi connectivity index (χ1n) is 8.67. The maximum atomic E-state index is 4.91. The predicted octanol–water partition coefficient (Wildman–Crippen LogP) is 3.91. The van der Waals surface area contributed by atoms with Gasteiger partial charge < -0.3 is 10.2 Å². The molecule has 1 aromatic rings. The van der Waals surface area contributed by atoms with Crippen LogP contribution in [0.25, 0.3) is 0 Å². The molecule has 0 aliphatic carbocycles. The minimum absolute atomic E-state index is 0.523. The van der Waals surface area contributed by atoms with E-state index in [9.17, 15) is 0 Å². The number of hydrogen-bond acceptors (Lipinski definition) is 3. The molecule has 1 saturated heterocycles. The molecule has 0 atom stereocenters. The first kappa shape index (κ1) is 16.3. The van der Waals surface area contributed by atoms with Gasteiger partial charge in [-0.05, 0) is 37.0 Å². The minimum atomic E-state index is 0.523. The number of nitrogens with zero attached hydrogens (tertiary/aromatic N) is 2. The van der Waals surface area contributed by atoms with Crippen molar-refractivity contribution >= 4 is 5.82 Å². The topological polar surface area (TPSA) is 28.2 Å². The molecule has 0 radical (unpaired) electrons. The van der Waals surface area contributed by atoms with Crippen LogP contribution in [-0.2, 0) is 13.0 Å². The van der Waals surface area contributed by atoms with Gasteiger partial charge in [-0.25, -0.2) is 4.98 Å². The van der Waals surface area contributed by atoms with Crippen molar-refractivity contribution < 1.29 is 0 Å². The van der Waals surface area contributed by atoms with Gasteiger partial charge in [0.25, 0.3) is 0 Å². The number of hydrogen-bond donors (Lipinski definition) is 1. The molecule has 1 aliphatic rings. The van der Waals surface area contributed by atoms with Crippen LogP contribution in [0.4, 0.5) is 5.82 Å². The van der Waals surface area contributed by atoms with E-state index in [1.165, 1.54) is 55.8 Å². The highest BCUT2D eigenvalue weighted by molar-refractivity contribution is 5.43. The normalized spacial score (nSPS) is 16.3. The Morgan fingerprint density at radius 1 is 1.14 bits per heavy atom. The quantitative estimate of drug-likeness (QED) is 0.860. The Morgan fingerprint density at radius 3 is 2.48 bits per heavy atom. The Bertz CT molecular complexity index is 420. The van der Waals surface area contributed by atoms with Crippen molar-refractivity contribution in [2.75, 3.05) is 18.0 Å². The first-order chi connectivity index (χ1) is 10.2. The van der Waals surface area contributed by atoms with Gasteiger partial charge in [0.1, 0.15) is 5.82 Å². The lowest BCUT2D eigenvalue weighted by atomic mass is 10.1. The Morgan fingerprint density at radius 2 is 1.86 bits per heavy atom. The Balaban J connectivity index is 2.17. The van der Waals surface area contributed by atoms with Crippen LogP contribution in [0.3, 0.4) is 0 Å². The second kappa shape index (κ2) is 8.38. The Kier molecular flexibility index (Phi) is 6.50. The summed E-state index contributed by atoms with van der Waals surface area (Å²) in [5.74, 6) is 1.20. The fraction of sp³-hybridized carbons (Fsp3) is 0.722. The number of aryl methyl sites for hydroxylation is 1. The molecule has 3 nitrogen and oxygen atoms in total. The standard InChI is InChI=1S/C18H31N3/c1-4-9-17-12-16(14-19-15(2)3)13-18(20-17)21-10-7-5-6-8-11-21/h12-13,15,19H,4-11,14H2,1-3H3. The maximum absolute atomic E-state index is 4.91. The molecule has 2 heterocycles. The average molecular weight is 289 g/mol. The summed E-state index contributed by atoms with van der Waals surface area (Å²) < 4.78 is 0. The largest absolute Gasteiger partial charge is 0.357 e. The SMILES string of the molecule is CCCc1cc(CNC(C)C)cc(N2CCCCCC2)n1. The second-order valence-corrected chi connectivity index (χ2v) is 6.51. The fourth-order valence-electron chi connectivity index (χ4n) is 2.90. The summed E-state index contributed by atoms with van der Waals surface area (Å²) in [7, 11) is 0. The van der Waals surface area contributed by atoms with E-state index in [2.05, 4.69) is 43.1 Å². The van der Waals surface area contributed by atoms with Crippen LogP contribution in [0.1, 0.15) is 64.1 Å². The van der Waals surface area contributed by atoms with Gasteiger partial charge in [-0.15, -0.1) is 0 Å². The van der Waals surface area contributed by atoms with Crippen molar-refractivity contribution in [2.24, 2.45) is 0 Å². The van der Waals surface area contributed by atoms with E-state index >= 15 is 0 Å². The maximum Gasteiger partial charge on any atom is 0.129 e. The third-order valence-electron chi connectivity index (χ3n) is 4.08. The van der Waals surface area contributed by atoms with Gasteiger partial charge in [-0.3, -0.25) is 0 Å². The second-order valence-electron chi connectivity index (χ2n) is 6.51. The van der Waals surface area contributed by atoms with Crippen LogP contribution in [0.5, 0.6) is 0 Å². The van der Waals surface area contributed by atoms with Crippen LogP contribution in [0.2, 0.25) is 0 Å². The number of nitrogens with one attached hydrogen (secondary N) is 1. The average Bonchev–Trinajstić information content (AvgIpc) is 2.74. The molecular formula is C18H31N3. The van der Waals surface area contributed by atoms with Crippen molar-refractivity contribution in [2.45, 2.75) is 71.9 Å². The summed E-state index contributed by atoms with van der Waals surface area (Å²) in [5, 5.41) is 3.53. The van der Waals surface area contributed by atoms with Gasteiger partial charge in [-0.2, -0.15) is 0 Å². The van der Waals surface area contributed by atoms with Gasteiger partial charge in [0.15, 0.2) is 0 Å². The van der Waals surface area contributed by atoms with Crippen LogP contribution >= 0.6 is 0 Å². The van der Waals surface area contributed by atoms with Crippen molar-refractivity contribution in [3.8, 4) is 0 Å². The first-order valence-corrected chi connectivity index (χ1v) is 8.67. The molecule has 1 fully saturated rings. The van der Waals surface area contributed by atoms with E-state index in [4.69, 9.17) is 4.98 Å². The van der Waals surface area contributed by atoms with E-state index in [0.29, 0.717) is 6.04 Å². The molecule has 3 heteroatoms. The Hall–Kier alpha value is -1.09. The van der Waals surface area contributed by atoms with Crippen molar-refractivity contribution in [3.63, 3.8) is 0 Å². The third kappa shape index (κ3) is 5.31. The fourth-order valence-corrected chi connectivity index (χ4v) is 2.90. The summed E-state index contributed by atoms with van der Waals surface area (Å²) in [5.41, 5.74) is 2.63. The highest BCUT2D eigenvalue weighted by atomic mass is 15.2. The summed E-state index contributed by atoms with van der Waals surface area (Å²) in [4.78, 5) is 7.40. The van der Waals surface area contributed by atoms with Gasteiger partial charge in [0.2, 0.25) is 0 Å². The highest BCUT2D eigenvalue weighted by Crippen LogP contribution is 2.20. The molecule has 0 bridgehead atoms. The van der Waals surface area contributed by atoms with E-state index in [1.807, 2.05) is 0 Å². The number of anilines is 1. The number of pyridine rings is 1. The monoisotopic (exact) mass is 289 g/mol. The summed E-state index contributed by atoms with van der Waals surface area (Å²) >= 11 is 0. The summed E-state index contributed by atoms with van der Waals surface area (Å²) in [6, 6.07) is 5.09. The van der Waals surface area contributed by atoms with E-state index < -0.39 is 0 Å². The van der Waals surface area contributed by atoms with E-state index in [1.54, 1.807) is 0 Å². The molecule has 2 rings (SSSR count). The molecule has 118 valence electrons. The zero-order valence-corrected chi connectivity index (χ0v) is 14.0. The van der Waals surface area contributed by atoms with Gasteiger partial charge in [0.05, 0.1) is 0 Å². The third-order valence-corrected chi connectivity index (χ3v) is 4.08. The zero-order valence-electron chi connectivity index (χ0n) is 14.0. The molecule has 0 amide bonds. The smallest absolute Gasteiger partial charge is 0.129 e. The number of rotatable bonds is 6. The van der Waals surface area contributed by atoms with Gasteiger partial charge in [-0.1, -0.05) is 40.0 Å². The molecule has 1 aromatic heterocycles. The van der Waals surface area contributed by atoms with Crippen LogP contribution in [0, 0.1) is 0 Å². The van der Waals surface area contributed by atoms with Gasteiger partial charge in [0, 0.05) is 31.4 Å². The van der Waals surface area contributed by atoms with Crippen LogP contribution in [-0.4, -0.2) is 24.1 Å². The van der Waals surface area contributed by atoms with Crippen molar-refractivity contribution in [1.82, 2.24) is 10.3 Å². The summed E-state index contributed by atoms with van der Waals surface area (Å²) in [6.45, 7) is 9.90. The molecule has 0 aromatic carbocycles. The van der Waals surface area contributed by atoms with Crippen molar-refractivity contribution in [1.29, 1.82) is 0 Å². The van der Waals surface area contributed by atoms with Gasteiger partial charge >= 0.3 is 0 Å². The summed E-state index contributed by atoms with van der Waals surface area (Å²) in [6.07, 6.45) is 7.59.